The maximum atomic E-state index is 13.5. The quantitative estimate of drug-likeness (QED) is 0.467. The second kappa shape index (κ2) is 10.1. The molecule has 1 saturated heterocycles. The predicted octanol–water partition coefficient (Wildman–Crippen LogP) is 5.40. The predicted molar refractivity (Wildman–Crippen MR) is 115 cm³/mol. The monoisotopic (exact) mass is 496 g/mol. The average Bonchev–Trinajstić information content (AvgIpc) is 2.74. The molecule has 3 N–H and O–H groups in total. The van der Waals surface area contributed by atoms with Crippen LogP contribution in [-0.2, 0) is 4.74 Å². The lowest BCUT2D eigenvalue weighted by Crippen LogP contribution is -2.25. The molecule has 1 aliphatic rings. The van der Waals surface area contributed by atoms with Gasteiger partial charge in [-0.2, -0.15) is 13.2 Å². The van der Waals surface area contributed by atoms with Gasteiger partial charge in [0.2, 0.25) is 0 Å². The maximum Gasteiger partial charge on any atom is 0.431 e. The SMILES string of the molecule is N=C(/C=C(\Nc1ccc(NC(=O)c2cccc(Br)c2)nc1)C(F)(F)F)C1CCOCC1. The number of alkyl halides is 3. The number of rotatable bonds is 6. The van der Waals surface area contributed by atoms with Gasteiger partial charge in [0.25, 0.3) is 5.91 Å². The molecule has 31 heavy (non-hydrogen) atoms. The van der Waals surface area contributed by atoms with E-state index in [1.807, 2.05) is 0 Å². The Kier molecular flexibility index (Phi) is 7.45. The molecule has 2 aromatic rings. The molecule has 1 amide bonds. The minimum absolute atomic E-state index is 0.0869. The summed E-state index contributed by atoms with van der Waals surface area (Å²) in [6.45, 7) is 0.874. The van der Waals surface area contributed by atoms with Crippen molar-refractivity contribution >= 4 is 39.1 Å². The van der Waals surface area contributed by atoms with Crippen LogP contribution in [0.1, 0.15) is 23.2 Å². The fourth-order valence-corrected chi connectivity index (χ4v) is 3.39. The Labute approximate surface area is 185 Å². The van der Waals surface area contributed by atoms with Gasteiger partial charge in [-0.25, -0.2) is 4.98 Å². The van der Waals surface area contributed by atoms with Crippen molar-refractivity contribution < 1.29 is 22.7 Å². The molecule has 0 radical (unpaired) electrons. The molecule has 0 atom stereocenters. The first-order chi connectivity index (χ1) is 14.7. The highest BCUT2D eigenvalue weighted by Crippen LogP contribution is 2.28. The molecule has 0 saturated carbocycles. The van der Waals surface area contributed by atoms with E-state index in [-0.39, 0.29) is 23.1 Å². The van der Waals surface area contributed by atoms with Crippen LogP contribution in [0.5, 0.6) is 0 Å². The van der Waals surface area contributed by atoms with Gasteiger partial charge in [0.05, 0.1) is 11.9 Å². The van der Waals surface area contributed by atoms with E-state index in [1.54, 1.807) is 24.3 Å². The van der Waals surface area contributed by atoms with Crippen LogP contribution < -0.4 is 10.6 Å². The van der Waals surface area contributed by atoms with E-state index in [0.717, 1.165) is 10.5 Å². The summed E-state index contributed by atoms with van der Waals surface area (Å²) >= 11 is 3.28. The van der Waals surface area contributed by atoms with Gasteiger partial charge < -0.3 is 20.8 Å². The summed E-state index contributed by atoms with van der Waals surface area (Å²) in [4.78, 5) is 16.3. The summed E-state index contributed by atoms with van der Waals surface area (Å²) < 4.78 is 46.4. The third-order valence-electron chi connectivity index (χ3n) is 4.64. The summed E-state index contributed by atoms with van der Waals surface area (Å²) in [5, 5.41) is 12.9. The van der Waals surface area contributed by atoms with Crippen molar-refractivity contribution in [1.82, 2.24) is 4.98 Å². The number of halogens is 4. The Morgan fingerprint density at radius 1 is 1.19 bits per heavy atom. The number of nitrogens with zero attached hydrogens (tertiary/aromatic N) is 1. The number of ether oxygens (including phenoxy) is 1. The number of amides is 1. The van der Waals surface area contributed by atoms with E-state index < -0.39 is 17.8 Å². The van der Waals surface area contributed by atoms with Crippen molar-refractivity contribution in [3.8, 4) is 0 Å². The first-order valence-electron chi connectivity index (χ1n) is 9.47. The van der Waals surface area contributed by atoms with Crippen LogP contribution in [0.2, 0.25) is 0 Å². The molecule has 3 rings (SSSR count). The molecule has 1 aromatic heterocycles. The fraction of sp³-hybridized carbons (Fsp3) is 0.286. The lowest BCUT2D eigenvalue weighted by atomic mass is 9.94. The van der Waals surface area contributed by atoms with Crippen molar-refractivity contribution in [3.63, 3.8) is 0 Å². The van der Waals surface area contributed by atoms with Crippen LogP contribution in [0.15, 0.2) is 58.8 Å². The highest BCUT2D eigenvalue weighted by Gasteiger charge is 2.35. The first-order valence-corrected chi connectivity index (χ1v) is 10.3. The standard InChI is InChI=1S/C21H20BrF3N4O2/c22-15-3-1-2-14(10-15)20(30)29-19-5-4-16(12-27-19)28-18(21(23,24)25)11-17(26)13-6-8-31-9-7-13/h1-5,10-13,26,28H,6-9H2,(H,27,29,30)/b18-11-,26-17?. The van der Waals surface area contributed by atoms with E-state index in [0.29, 0.717) is 31.6 Å². The first kappa shape index (κ1) is 23.0. The fourth-order valence-electron chi connectivity index (χ4n) is 2.99. The molecule has 0 unspecified atom stereocenters. The van der Waals surface area contributed by atoms with Crippen molar-refractivity contribution in [2.45, 2.75) is 19.0 Å². The molecular formula is C21H20BrF3N4O2. The highest BCUT2D eigenvalue weighted by atomic mass is 79.9. The molecule has 10 heteroatoms. The molecule has 164 valence electrons. The van der Waals surface area contributed by atoms with Crippen LogP contribution in [0.3, 0.4) is 0 Å². The van der Waals surface area contributed by atoms with Crippen molar-refractivity contribution in [3.05, 3.63) is 64.4 Å². The summed E-state index contributed by atoms with van der Waals surface area (Å²) in [6.07, 6.45) is -1.61. The molecule has 1 aromatic carbocycles. The van der Waals surface area contributed by atoms with E-state index in [4.69, 9.17) is 10.1 Å². The van der Waals surface area contributed by atoms with E-state index in [2.05, 4.69) is 31.5 Å². The molecule has 1 fully saturated rings. The molecule has 1 aliphatic heterocycles. The molecule has 0 bridgehead atoms. The van der Waals surface area contributed by atoms with Gasteiger partial charge in [-0.1, -0.05) is 22.0 Å². The molecule has 0 spiro atoms. The van der Waals surface area contributed by atoms with Crippen LogP contribution >= 0.6 is 15.9 Å². The number of pyridine rings is 1. The zero-order valence-electron chi connectivity index (χ0n) is 16.3. The van der Waals surface area contributed by atoms with Gasteiger partial charge in [-0.3, -0.25) is 4.79 Å². The van der Waals surface area contributed by atoms with Gasteiger partial charge in [-0.05, 0) is 49.2 Å². The Morgan fingerprint density at radius 3 is 2.55 bits per heavy atom. The minimum atomic E-state index is -4.66. The minimum Gasteiger partial charge on any atom is -0.381 e. The summed E-state index contributed by atoms with van der Waals surface area (Å²) in [5.74, 6) is -0.458. The number of benzene rings is 1. The lowest BCUT2D eigenvalue weighted by Gasteiger charge is -2.22. The van der Waals surface area contributed by atoms with Gasteiger partial charge in [0, 0.05) is 34.9 Å². The zero-order valence-corrected chi connectivity index (χ0v) is 17.9. The number of nitrogens with one attached hydrogen (secondary N) is 3. The molecule has 2 heterocycles. The molecule has 6 nitrogen and oxygen atoms in total. The van der Waals surface area contributed by atoms with Crippen LogP contribution in [0, 0.1) is 11.3 Å². The number of hydrogen-bond acceptors (Lipinski definition) is 5. The van der Waals surface area contributed by atoms with Crippen molar-refractivity contribution in [2.75, 3.05) is 23.8 Å². The van der Waals surface area contributed by atoms with Crippen LogP contribution in [-0.4, -0.2) is 36.0 Å². The Balaban J connectivity index is 1.69. The smallest absolute Gasteiger partial charge is 0.381 e. The van der Waals surface area contributed by atoms with Crippen molar-refractivity contribution in [1.29, 1.82) is 5.41 Å². The number of carbonyl (C=O) groups is 1. The third-order valence-corrected chi connectivity index (χ3v) is 5.13. The number of carbonyl (C=O) groups excluding carboxylic acids is 1. The Hall–Kier alpha value is -2.72. The van der Waals surface area contributed by atoms with Gasteiger partial charge >= 0.3 is 6.18 Å². The average molecular weight is 497 g/mol. The highest BCUT2D eigenvalue weighted by molar-refractivity contribution is 9.10. The van der Waals surface area contributed by atoms with Crippen molar-refractivity contribution in [2.24, 2.45) is 5.92 Å². The number of allylic oxidation sites excluding steroid dienone is 2. The summed E-state index contributed by atoms with van der Waals surface area (Å²) in [7, 11) is 0. The van der Waals surface area contributed by atoms with Gasteiger partial charge in [0.15, 0.2) is 0 Å². The summed E-state index contributed by atoms with van der Waals surface area (Å²) in [5.41, 5.74) is -0.637. The van der Waals surface area contributed by atoms with Crippen LogP contribution in [0.4, 0.5) is 24.7 Å². The topological polar surface area (TPSA) is 87.1 Å². The maximum absolute atomic E-state index is 13.5. The second-order valence-electron chi connectivity index (χ2n) is 6.92. The number of aromatic nitrogens is 1. The van der Waals surface area contributed by atoms with Gasteiger partial charge in [-0.15, -0.1) is 0 Å². The van der Waals surface area contributed by atoms with E-state index in [9.17, 15) is 18.0 Å². The van der Waals surface area contributed by atoms with E-state index in [1.165, 1.54) is 18.3 Å². The molecule has 0 aliphatic carbocycles. The summed E-state index contributed by atoms with van der Waals surface area (Å²) in [6, 6.07) is 9.53. The largest absolute Gasteiger partial charge is 0.431 e. The zero-order chi connectivity index (χ0) is 22.4. The lowest BCUT2D eigenvalue weighted by molar-refractivity contribution is -0.0901. The third kappa shape index (κ3) is 6.63. The second-order valence-corrected chi connectivity index (χ2v) is 7.84. The van der Waals surface area contributed by atoms with E-state index >= 15 is 0 Å². The number of anilines is 2. The van der Waals surface area contributed by atoms with Crippen LogP contribution in [0.25, 0.3) is 0 Å². The Bertz CT molecular complexity index is 971. The number of hydrogen-bond donors (Lipinski definition) is 3. The van der Waals surface area contributed by atoms with Gasteiger partial charge in [0.1, 0.15) is 11.5 Å². The normalized spacial score (nSPS) is 15.4. The Morgan fingerprint density at radius 2 is 1.94 bits per heavy atom. The molecular weight excluding hydrogens is 477 g/mol.